The molecular weight excluding hydrogens is 446 g/mol. The third-order valence-corrected chi connectivity index (χ3v) is 6.61. The number of carboxylic acids is 1. The van der Waals surface area contributed by atoms with Gasteiger partial charge < -0.3 is 15.0 Å². The van der Waals surface area contributed by atoms with Gasteiger partial charge in [0.2, 0.25) is 0 Å². The average Bonchev–Trinajstić information content (AvgIpc) is 2.89. The number of aromatic hydroxyl groups is 1. The number of pyridine rings is 1. The minimum absolute atomic E-state index is 0.0144. The smallest absolute Gasteiger partial charge is 0.168 e. The van der Waals surface area contributed by atoms with Gasteiger partial charge in [0.05, 0.1) is 5.97 Å². The molecule has 0 atom stereocenters. The highest BCUT2D eigenvalue weighted by Gasteiger charge is 2.03. The van der Waals surface area contributed by atoms with Crippen molar-refractivity contribution in [1.29, 1.82) is 0 Å². The third-order valence-electron chi connectivity index (χ3n) is 6.61. The molecule has 0 unspecified atom stereocenters. The average molecular weight is 492 g/mol. The van der Waals surface area contributed by atoms with Crippen molar-refractivity contribution in [3.8, 4) is 5.75 Å². The summed E-state index contributed by atoms with van der Waals surface area (Å²) in [6.45, 7) is 3.47. The highest BCUT2D eigenvalue weighted by Crippen LogP contribution is 2.24. The van der Waals surface area contributed by atoms with Crippen LogP contribution in [0.25, 0.3) is 10.8 Å². The van der Waals surface area contributed by atoms with Gasteiger partial charge in [-0.25, -0.2) is 4.57 Å². The Labute approximate surface area is 218 Å². The highest BCUT2D eigenvalue weighted by atomic mass is 16.4. The number of aryl methyl sites for hydroxylation is 1. The molecule has 4 heteroatoms. The van der Waals surface area contributed by atoms with Gasteiger partial charge in [0, 0.05) is 24.1 Å². The molecular formula is C32H45NO3. The molecule has 0 radical (unpaired) electrons. The van der Waals surface area contributed by atoms with Crippen molar-refractivity contribution in [2.45, 2.75) is 103 Å². The number of fused-ring (bicyclic) bond motifs is 1. The van der Waals surface area contributed by atoms with E-state index in [1.165, 1.54) is 109 Å². The quantitative estimate of drug-likeness (QED) is 0.168. The summed E-state index contributed by atoms with van der Waals surface area (Å²) in [6, 6.07) is 16.0. The molecule has 0 bridgehead atoms. The topological polar surface area (TPSA) is 64.2 Å². The first-order valence-electron chi connectivity index (χ1n) is 14.0. The molecule has 0 aliphatic carbocycles. The van der Waals surface area contributed by atoms with Gasteiger partial charge in [0.25, 0.3) is 0 Å². The highest BCUT2D eigenvalue weighted by molar-refractivity contribution is 6.03. The van der Waals surface area contributed by atoms with Crippen molar-refractivity contribution in [3.05, 3.63) is 72.6 Å². The molecule has 196 valence electrons. The standard InChI is InChI=1S/C21H38N.C11H8O3/c1-2-3-4-5-6-7-8-9-10-11-12-13-14-16-19-22-20-17-15-18-21-22;12-8-5-7-3-1-2-4-9(7)10(6-8)11(13)14/h15,17-18,20-21H,2-14,16,19H2,1H3;1-6,12H,(H,13,14)/q+1;/p-1. The molecule has 36 heavy (non-hydrogen) atoms. The van der Waals surface area contributed by atoms with Gasteiger partial charge >= 0.3 is 0 Å². The number of phenols is 1. The zero-order valence-electron chi connectivity index (χ0n) is 22.2. The van der Waals surface area contributed by atoms with Crippen LogP contribution in [0.5, 0.6) is 5.75 Å². The lowest BCUT2D eigenvalue weighted by atomic mass is 10.0. The Morgan fingerprint density at radius 1 is 0.722 bits per heavy atom. The number of hydrogen-bond acceptors (Lipinski definition) is 3. The lowest BCUT2D eigenvalue weighted by Crippen LogP contribution is -2.32. The first kappa shape index (κ1) is 29.4. The van der Waals surface area contributed by atoms with E-state index < -0.39 is 5.97 Å². The largest absolute Gasteiger partial charge is 0.545 e. The molecule has 0 saturated heterocycles. The van der Waals surface area contributed by atoms with Crippen molar-refractivity contribution < 1.29 is 19.6 Å². The lowest BCUT2D eigenvalue weighted by Gasteiger charge is -2.07. The monoisotopic (exact) mass is 491 g/mol. The van der Waals surface area contributed by atoms with Crippen LogP contribution >= 0.6 is 0 Å². The van der Waals surface area contributed by atoms with Crippen LogP contribution in [0.4, 0.5) is 0 Å². The summed E-state index contributed by atoms with van der Waals surface area (Å²) in [7, 11) is 0. The number of rotatable bonds is 16. The molecule has 0 aliphatic rings. The number of carbonyl (C=O) groups is 1. The zero-order valence-corrected chi connectivity index (χ0v) is 22.2. The Balaban J connectivity index is 0.000000278. The summed E-state index contributed by atoms with van der Waals surface area (Å²) >= 11 is 0. The first-order chi connectivity index (χ1) is 17.6. The fourth-order valence-electron chi connectivity index (χ4n) is 4.54. The maximum atomic E-state index is 10.7. The summed E-state index contributed by atoms with van der Waals surface area (Å²) in [6.07, 6.45) is 24.4. The molecule has 1 aromatic heterocycles. The molecule has 3 rings (SSSR count). The van der Waals surface area contributed by atoms with Crippen molar-refractivity contribution in [3.63, 3.8) is 0 Å². The van der Waals surface area contributed by atoms with E-state index in [9.17, 15) is 15.0 Å². The second kappa shape index (κ2) is 18.4. The Hall–Kier alpha value is -2.88. The normalized spacial score (nSPS) is 10.7. The molecule has 1 N–H and O–H groups in total. The van der Waals surface area contributed by atoms with Crippen molar-refractivity contribution in [1.82, 2.24) is 0 Å². The summed E-state index contributed by atoms with van der Waals surface area (Å²) < 4.78 is 2.29. The van der Waals surface area contributed by atoms with Crippen LogP contribution in [-0.4, -0.2) is 11.1 Å². The molecule has 0 saturated carbocycles. The van der Waals surface area contributed by atoms with Gasteiger partial charge in [-0.3, -0.25) is 0 Å². The fraction of sp³-hybridized carbons (Fsp3) is 0.500. The molecule has 2 aromatic carbocycles. The van der Waals surface area contributed by atoms with Gasteiger partial charge in [-0.2, -0.15) is 0 Å². The van der Waals surface area contributed by atoms with Gasteiger partial charge in [-0.1, -0.05) is 114 Å². The van der Waals surface area contributed by atoms with Crippen LogP contribution in [0, 0.1) is 0 Å². The van der Waals surface area contributed by atoms with E-state index in [4.69, 9.17) is 0 Å². The maximum absolute atomic E-state index is 10.7. The Morgan fingerprint density at radius 3 is 1.81 bits per heavy atom. The second-order valence-corrected chi connectivity index (χ2v) is 9.71. The fourth-order valence-corrected chi connectivity index (χ4v) is 4.54. The van der Waals surface area contributed by atoms with Gasteiger partial charge in [0.1, 0.15) is 12.3 Å². The zero-order chi connectivity index (χ0) is 25.8. The number of nitrogens with zero attached hydrogens (tertiary/aromatic N) is 1. The van der Waals surface area contributed by atoms with Crippen LogP contribution in [0.15, 0.2) is 67.0 Å². The van der Waals surface area contributed by atoms with E-state index in [2.05, 4.69) is 42.1 Å². The number of hydrogen-bond donors (Lipinski definition) is 1. The molecule has 0 spiro atoms. The van der Waals surface area contributed by atoms with Gasteiger partial charge in [0.15, 0.2) is 12.4 Å². The Kier molecular flexibility index (Phi) is 15.0. The molecule has 4 nitrogen and oxygen atoms in total. The predicted molar refractivity (Wildman–Crippen MR) is 147 cm³/mol. The van der Waals surface area contributed by atoms with E-state index in [1.54, 1.807) is 24.3 Å². The molecule has 0 amide bonds. The number of aromatic nitrogens is 1. The molecule has 1 heterocycles. The van der Waals surface area contributed by atoms with E-state index in [0.29, 0.717) is 10.8 Å². The third kappa shape index (κ3) is 12.2. The Morgan fingerprint density at radius 2 is 1.25 bits per heavy atom. The molecule has 0 fully saturated rings. The number of carbonyl (C=O) groups excluding carboxylic acids is 1. The van der Waals surface area contributed by atoms with Crippen molar-refractivity contribution >= 4 is 16.7 Å². The minimum atomic E-state index is -1.28. The van der Waals surface area contributed by atoms with Crippen LogP contribution in [0.3, 0.4) is 0 Å². The van der Waals surface area contributed by atoms with E-state index in [-0.39, 0.29) is 11.3 Å². The predicted octanol–water partition coefficient (Wildman–Crippen LogP) is 7.36. The molecule has 3 aromatic rings. The van der Waals surface area contributed by atoms with Gasteiger partial charge in [-0.05, 0) is 29.3 Å². The van der Waals surface area contributed by atoms with Crippen LogP contribution in [-0.2, 0) is 6.54 Å². The summed E-state index contributed by atoms with van der Waals surface area (Å²) in [5.74, 6) is -1.35. The number of benzene rings is 2. The summed E-state index contributed by atoms with van der Waals surface area (Å²) in [5.41, 5.74) is 0.0144. The minimum Gasteiger partial charge on any atom is -0.545 e. The number of carboxylic acid groups (broad SMARTS) is 1. The number of unbranched alkanes of at least 4 members (excludes halogenated alkanes) is 13. The van der Waals surface area contributed by atoms with E-state index >= 15 is 0 Å². The van der Waals surface area contributed by atoms with Crippen molar-refractivity contribution in [2.24, 2.45) is 0 Å². The van der Waals surface area contributed by atoms with Crippen molar-refractivity contribution in [2.75, 3.05) is 0 Å². The summed E-state index contributed by atoms with van der Waals surface area (Å²) in [5, 5.41) is 21.3. The number of phenolic OH excluding ortho intramolecular Hbond substituents is 1. The lowest BCUT2D eigenvalue weighted by molar-refractivity contribution is -0.697. The Bertz CT molecular complexity index is 987. The maximum Gasteiger partial charge on any atom is 0.168 e. The SMILES string of the molecule is CCCCCCCCCCCCCCCC[n+]1ccccc1.O=C([O-])c1cc(O)cc2ccccc12. The van der Waals surface area contributed by atoms with E-state index in [0.717, 1.165) is 0 Å². The number of aromatic carboxylic acids is 1. The van der Waals surface area contributed by atoms with Crippen LogP contribution < -0.4 is 9.67 Å². The first-order valence-corrected chi connectivity index (χ1v) is 14.0. The van der Waals surface area contributed by atoms with Gasteiger partial charge in [-0.15, -0.1) is 0 Å². The molecule has 0 aliphatic heterocycles. The van der Waals surface area contributed by atoms with Crippen LogP contribution in [0.1, 0.15) is 107 Å². The van der Waals surface area contributed by atoms with Crippen LogP contribution in [0.2, 0.25) is 0 Å². The summed E-state index contributed by atoms with van der Waals surface area (Å²) in [4.78, 5) is 10.7. The second-order valence-electron chi connectivity index (χ2n) is 9.71. The van der Waals surface area contributed by atoms with E-state index in [1.807, 2.05) is 0 Å².